The smallest absolute Gasteiger partial charge is 0.251 e. The Morgan fingerprint density at radius 1 is 1.56 bits per heavy atom. The van der Waals surface area contributed by atoms with Crippen LogP contribution in [0.3, 0.4) is 0 Å². The molecule has 1 atom stereocenters. The van der Waals surface area contributed by atoms with Gasteiger partial charge in [0.25, 0.3) is 5.91 Å². The van der Waals surface area contributed by atoms with Crippen LogP contribution in [0.1, 0.15) is 29.3 Å². The predicted molar refractivity (Wildman–Crippen MR) is 64.8 cm³/mol. The Morgan fingerprint density at radius 2 is 2.25 bits per heavy atom. The van der Waals surface area contributed by atoms with Crippen LogP contribution in [0.15, 0.2) is 18.2 Å². The van der Waals surface area contributed by atoms with E-state index in [4.69, 9.17) is 16.7 Å². The summed E-state index contributed by atoms with van der Waals surface area (Å²) in [6.45, 7) is 3.71. The molecule has 0 aromatic heterocycles. The van der Waals surface area contributed by atoms with Gasteiger partial charge in [0.15, 0.2) is 0 Å². The van der Waals surface area contributed by atoms with Crippen molar-refractivity contribution in [3.8, 4) is 0 Å². The molecule has 0 saturated carbocycles. The number of halogens is 1. The maximum Gasteiger partial charge on any atom is 0.251 e. The minimum absolute atomic E-state index is 0.0468. The number of aliphatic hydroxyl groups is 1. The number of nitrogens with one attached hydrogen (secondary N) is 1. The van der Waals surface area contributed by atoms with E-state index in [1.54, 1.807) is 18.2 Å². The quantitative estimate of drug-likeness (QED) is 0.849. The van der Waals surface area contributed by atoms with Crippen LogP contribution in [0.4, 0.5) is 0 Å². The molecule has 0 spiro atoms. The molecule has 1 rings (SSSR count). The Morgan fingerprint density at radius 3 is 2.75 bits per heavy atom. The first-order valence-corrected chi connectivity index (χ1v) is 5.64. The Bertz CT molecular complexity index is 375. The molecule has 1 aromatic rings. The molecule has 0 radical (unpaired) electrons. The Kier molecular flexibility index (Phi) is 4.77. The number of aryl methyl sites for hydroxylation is 1. The third-order valence-electron chi connectivity index (χ3n) is 2.47. The summed E-state index contributed by atoms with van der Waals surface area (Å²) in [5.41, 5.74) is 1.43. The molecule has 4 heteroatoms. The molecule has 0 aliphatic carbocycles. The summed E-state index contributed by atoms with van der Waals surface area (Å²) >= 11 is 5.87. The third-order valence-corrected chi connectivity index (χ3v) is 2.89. The van der Waals surface area contributed by atoms with Gasteiger partial charge in [-0.25, -0.2) is 0 Å². The summed E-state index contributed by atoms with van der Waals surface area (Å²) in [4.78, 5) is 11.8. The van der Waals surface area contributed by atoms with E-state index < -0.39 is 0 Å². The minimum Gasteiger partial charge on any atom is -0.394 e. The lowest BCUT2D eigenvalue weighted by Gasteiger charge is -2.14. The van der Waals surface area contributed by atoms with Gasteiger partial charge in [0.2, 0.25) is 0 Å². The summed E-state index contributed by atoms with van der Waals surface area (Å²) in [5.74, 6) is -0.180. The summed E-state index contributed by atoms with van der Waals surface area (Å²) in [6, 6.07) is 4.92. The highest BCUT2D eigenvalue weighted by molar-refractivity contribution is 6.31. The Labute approximate surface area is 100 Å². The van der Waals surface area contributed by atoms with E-state index in [1.165, 1.54) is 0 Å². The lowest BCUT2D eigenvalue weighted by molar-refractivity contribution is 0.0915. The highest BCUT2D eigenvalue weighted by Crippen LogP contribution is 2.16. The van der Waals surface area contributed by atoms with Gasteiger partial charge in [-0.1, -0.05) is 18.5 Å². The lowest BCUT2D eigenvalue weighted by Crippen LogP contribution is -2.36. The maximum absolute atomic E-state index is 11.8. The van der Waals surface area contributed by atoms with Gasteiger partial charge in [-0.3, -0.25) is 4.79 Å². The van der Waals surface area contributed by atoms with E-state index in [9.17, 15) is 4.79 Å². The van der Waals surface area contributed by atoms with Crippen molar-refractivity contribution in [2.45, 2.75) is 26.3 Å². The molecule has 3 nitrogen and oxygen atoms in total. The zero-order chi connectivity index (χ0) is 12.1. The topological polar surface area (TPSA) is 49.3 Å². The zero-order valence-electron chi connectivity index (χ0n) is 9.46. The zero-order valence-corrected chi connectivity index (χ0v) is 10.2. The van der Waals surface area contributed by atoms with E-state index in [0.717, 1.165) is 5.56 Å². The molecule has 88 valence electrons. The van der Waals surface area contributed by atoms with Crippen molar-refractivity contribution in [2.24, 2.45) is 0 Å². The third kappa shape index (κ3) is 3.22. The number of hydrogen-bond acceptors (Lipinski definition) is 2. The number of benzene rings is 1. The highest BCUT2D eigenvalue weighted by atomic mass is 35.5. The fraction of sp³-hybridized carbons (Fsp3) is 0.417. The van der Waals surface area contributed by atoms with Crippen LogP contribution in [0.25, 0.3) is 0 Å². The molecule has 1 aromatic carbocycles. The molecule has 0 saturated heterocycles. The van der Waals surface area contributed by atoms with Crippen molar-refractivity contribution in [1.29, 1.82) is 0 Å². The van der Waals surface area contributed by atoms with E-state index in [1.807, 2.05) is 13.8 Å². The summed E-state index contributed by atoms with van der Waals surface area (Å²) < 4.78 is 0. The van der Waals surface area contributed by atoms with Crippen LogP contribution in [0.2, 0.25) is 5.02 Å². The van der Waals surface area contributed by atoms with E-state index in [-0.39, 0.29) is 18.6 Å². The first-order chi connectivity index (χ1) is 7.58. The molecule has 0 heterocycles. The van der Waals surface area contributed by atoms with E-state index in [2.05, 4.69) is 5.32 Å². The Balaban J connectivity index is 2.76. The first kappa shape index (κ1) is 13.0. The molecule has 16 heavy (non-hydrogen) atoms. The first-order valence-electron chi connectivity index (χ1n) is 5.26. The maximum atomic E-state index is 11.8. The van der Waals surface area contributed by atoms with Crippen LogP contribution in [0, 0.1) is 6.92 Å². The largest absolute Gasteiger partial charge is 0.394 e. The lowest BCUT2D eigenvalue weighted by atomic mass is 10.1. The number of aliphatic hydroxyl groups excluding tert-OH is 1. The van der Waals surface area contributed by atoms with Gasteiger partial charge < -0.3 is 10.4 Å². The molecule has 0 aliphatic rings. The summed E-state index contributed by atoms with van der Waals surface area (Å²) in [5, 5.41) is 12.4. The molecule has 1 amide bonds. The van der Waals surface area contributed by atoms with Crippen LogP contribution in [0.5, 0.6) is 0 Å². The van der Waals surface area contributed by atoms with Crippen LogP contribution in [-0.2, 0) is 0 Å². The Hall–Kier alpha value is -1.06. The van der Waals surface area contributed by atoms with Gasteiger partial charge >= 0.3 is 0 Å². The molecule has 0 fully saturated rings. The molecule has 2 N–H and O–H groups in total. The van der Waals surface area contributed by atoms with Gasteiger partial charge in [0.05, 0.1) is 12.6 Å². The molecular formula is C12H16ClNO2. The van der Waals surface area contributed by atoms with Crippen molar-refractivity contribution in [3.05, 3.63) is 34.3 Å². The fourth-order valence-corrected chi connectivity index (χ4v) is 1.45. The SMILES string of the molecule is CC[C@H](CO)NC(=O)c1ccc(Cl)c(C)c1. The van der Waals surface area contributed by atoms with Crippen LogP contribution >= 0.6 is 11.6 Å². The normalized spacial score (nSPS) is 12.2. The molecule has 0 aliphatic heterocycles. The summed E-state index contributed by atoms with van der Waals surface area (Å²) in [6.07, 6.45) is 0.703. The van der Waals surface area contributed by atoms with Gasteiger partial charge in [-0.05, 0) is 37.1 Å². The van der Waals surface area contributed by atoms with Crippen LogP contribution < -0.4 is 5.32 Å². The number of rotatable bonds is 4. The second-order valence-corrected chi connectivity index (χ2v) is 4.13. The second-order valence-electron chi connectivity index (χ2n) is 3.73. The van der Waals surface area contributed by atoms with Gasteiger partial charge in [0, 0.05) is 10.6 Å². The number of carbonyl (C=O) groups excluding carboxylic acids is 1. The van der Waals surface area contributed by atoms with E-state index >= 15 is 0 Å². The predicted octanol–water partition coefficient (Wildman–Crippen LogP) is 2.15. The van der Waals surface area contributed by atoms with Crippen molar-refractivity contribution in [2.75, 3.05) is 6.61 Å². The van der Waals surface area contributed by atoms with Crippen molar-refractivity contribution in [1.82, 2.24) is 5.32 Å². The van der Waals surface area contributed by atoms with Gasteiger partial charge in [0.1, 0.15) is 0 Å². The average molecular weight is 242 g/mol. The monoisotopic (exact) mass is 241 g/mol. The second kappa shape index (κ2) is 5.87. The standard InChI is InChI=1S/C12H16ClNO2/c1-3-10(7-15)14-12(16)9-4-5-11(13)8(2)6-9/h4-6,10,15H,3,7H2,1-2H3,(H,14,16)/t10-/m1/s1. The molecule has 0 unspecified atom stereocenters. The number of carbonyl (C=O) groups is 1. The highest BCUT2D eigenvalue weighted by Gasteiger charge is 2.11. The average Bonchev–Trinajstić information content (AvgIpc) is 2.29. The molecular weight excluding hydrogens is 226 g/mol. The van der Waals surface area contributed by atoms with Crippen LogP contribution in [-0.4, -0.2) is 23.7 Å². The van der Waals surface area contributed by atoms with E-state index in [0.29, 0.717) is 17.0 Å². The van der Waals surface area contributed by atoms with Crippen molar-refractivity contribution in [3.63, 3.8) is 0 Å². The van der Waals surface area contributed by atoms with Crippen molar-refractivity contribution < 1.29 is 9.90 Å². The van der Waals surface area contributed by atoms with Gasteiger partial charge in [-0.2, -0.15) is 0 Å². The molecule has 0 bridgehead atoms. The minimum atomic E-state index is -0.191. The number of amides is 1. The summed E-state index contributed by atoms with van der Waals surface area (Å²) in [7, 11) is 0. The fourth-order valence-electron chi connectivity index (χ4n) is 1.33. The van der Waals surface area contributed by atoms with Crippen molar-refractivity contribution >= 4 is 17.5 Å². The number of hydrogen-bond donors (Lipinski definition) is 2. The van der Waals surface area contributed by atoms with Gasteiger partial charge in [-0.15, -0.1) is 0 Å².